The highest BCUT2D eigenvalue weighted by Crippen LogP contribution is 2.09. The van der Waals surface area contributed by atoms with Crippen molar-refractivity contribution in [2.45, 2.75) is 0 Å². The standard InChI is InChI=1S/C16H22N2O2/c1-17(2)15(13-18-8-10-20-11-9-18)12-16(19)14-6-4-3-5-7-14/h3-7,12H,8-11,13H2,1-2H3/b15-12+. The zero-order chi connectivity index (χ0) is 14.4. The predicted molar refractivity (Wildman–Crippen MR) is 79.8 cm³/mol. The second-order valence-corrected chi connectivity index (χ2v) is 5.15. The summed E-state index contributed by atoms with van der Waals surface area (Å²) in [6, 6.07) is 9.39. The molecule has 0 radical (unpaired) electrons. The van der Waals surface area contributed by atoms with Crippen molar-refractivity contribution < 1.29 is 9.53 Å². The molecule has 20 heavy (non-hydrogen) atoms. The van der Waals surface area contributed by atoms with E-state index in [0.717, 1.165) is 44.1 Å². The lowest BCUT2D eigenvalue weighted by Gasteiger charge is -2.29. The molecule has 4 heteroatoms. The summed E-state index contributed by atoms with van der Waals surface area (Å²) in [4.78, 5) is 16.6. The fourth-order valence-corrected chi connectivity index (χ4v) is 2.14. The summed E-state index contributed by atoms with van der Waals surface area (Å²) < 4.78 is 5.35. The van der Waals surface area contributed by atoms with Crippen molar-refractivity contribution in [2.75, 3.05) is 46.9 Å². The zero-order valence-electron chi connectivity index (χ0n) is 12.2. The van der Waals surface area contributed by atoms with Gasteiger partial charge in [-0.05, 0) is 0 Å². The maximum atomic E-state index is 12.3. The van der Waals surface area contributed by atoms with Crippen LogP contribution in [0, 0.1) is 0 Å². The Kier molecular flexibility index (Phi) is 5.32. The number of ether oxygens (including phenoxy) is 1. The van der Waals surface area contributed by atoms with Gasteiger partial charge in [0.2, 0.25) is 0 Å². The normalized spacial score (nSPS) is 17.0. The summed E-state index contributed by atoms with van der Waals surface area (Å²) >= 11 is 0. The smallest absolute Gasteiger partial charge is 0.187 e. The van der Waals surface area contributed by atoms with E-state index < -0.39 is 0 Å². The third kappa shape index (κ3) is 4.18. The van der Waals surface area contributed by atoms with Crippen molar-refractivity contribution >= 4 is 5.78 Å². The molecular weight excluding hydrogens is 252 g/mol. The van der Waals surface area contributed by atoms with Crippen LogP contribution in [0.2, 0.25) is 0 Å². The lowest BCUT2D eigenvalue weighted by atomic mass is 10.1. The number of likely N-dealkylation sites (N-methyl/N-ethyl adjacent to an activating group) is 1. The Morgan fingerprint density at radius 1 is 1.25 bits per heavy atom. The molecule has 1 saturated heterocycles. The summed E-state index contributed by atoms with van der Waals surface area (Å²) in [5.41, 5.74) is 1.76. The van der Waals surface area contributed by atoms with Gasteiger partial charge in [-0.3, -0.25) is 9.69 Å². The van der Waals surface area contributed by atoms with E-state index in [4.69, 9.17) is 4.74 Å². The Bertz CT molecular complexity index is 463. The molecule has 0 atom stereocenters. The minimum Gasteiger partial charge on any atom is -0.380 e. The van der Waals surface area contributed by atoms with Crippen molar-refractivity contribution in [3.8, 4) is 0 Å². The second kappa shape index (κ2) is 7.22. The summed E-state index contributed by atoms with van der Waals surface area (Å²) in [7, 11) is 3.95. The quantitative estimate of drug-likeness (QED) is 0.604. The number of ketones is 1. The van der Waals surface area contributed by atoms with Gasteiger partial charge >= 0.3 is 0 Å². The second-order valence-electron chi connectivity index (χ2n) is 5.15. The number of hydrogen-bond donors (Lipinski definition) is 0. The van der Waals surface area contributed by atoms with Gasteiger partial charge in [-0.25, -0.2) is 0 Å². The number of carbonyl (C=O) groups excluding carboxylic acids is 1. The van der Waals surface area contributed by atoms with Crippen molar-refractivity contribution in [1.82, 2.24) is 9.80 Å². The van der Waals surface area contributed by atoms with E-state index in [0.29, 0.717) is 0 Å². The highest BCUT2D eigenvalue weighted by atomic mass is 16.5. The average molecular weight is 274 g/mol. The molecular formula is C16H22N2O2. The van der Waals surface area contributed by atoms with Crippen LogP contribution in [-0.4, -0.2) is 62.5 Å². The number of nitrogens with zero attached hydrogens (tertiary/aromatic N) is 2. The number of allylic oxidation sites excluding steroid dienone is 1. The van der Waals surface area contributed by atoms with E-state index in [2.05, 4.69) is 4.90 Å². The Hall–Kier alpha value is -1.65. The number of hydrogen-bond acceptors (Lipinski definition) is 4. The Labute approximate surface area is 120 Å². The maximum absolute atomic E-state index is 12.3. The molecule has 4 nitrogen and oxygen atoms in total. The average Bonchev–Trinajstić information content (AvgIpc) is 2.48. The van der Waals surface area contributed by atoms with Gasteiger partial charge in [-0.1, -0.05) is 30.3 Å². The van der Waals surface area contributed by atoms with E-state index in [9.17, 15) is 4.79 Å². The molecule has 1 heterocycles. The molecule has 1 aromatic carbocycles. The zero-order valence-corrected chi connectivity index (χ0v) is 12.2. The van der Waals surface area contributed by atoms with E-state index >= 15 is 0 Å². The number of benzene rings is 1. The molecule has 0 bridgehead atoms. The SMILES string of the molecule is CN(C)/C(=C/C(=O)c1ccccc1)CN1CCOCC1. The minimum absolute atomic E-state index is 0.0579. The van der Waals surface area contributed by atoms with Crippen LogP contribution in [0.1, 0.15) is 10.4 Å². The Morgan fingerprint density at radius 3 is 2.50 bits per heavy atom. The van der Waals surface area contributed by atoms with Crippen molar-refractivity contribution in [1.29, 1.82) is 0 Å². The molecule has 0 saturated carbocycles. The van der Waals surface area contributed by atoms with Gasteiger partial charge in [-0.15, -0.1) is 0 Å². The van der Waals surface area contributed by atoms with Gasteiger partial charge in [0, 0.05) is 51.1 Å². The fourth-order valence-electron chi connectivity index (χ4n) is 2.14. The molecule has 0 aliphatic carbocycles. The Balaban J connectivity index is 2.07. The molecule has 0 N–H and O–H groups in total. The number of rotatable bonds is 5. The van der Waals surface area contributed by atoms with E-state index in [-0.39, 0.29) is 5.78 Å². The molecule has 108 valence electrons. The molecule has 0 amide bonds. The van der Waals surface area contributed by atoms with Crippen molar-refractivity contribution in [2.24, 2.45) is 0 Å². The van der Waals surface area contributed by atoms with Gasteiger partial charge < -0.3 is 9.64 Å². The van der Waals surface area contributed by atoms with E-state index in [1.807, 2.05) is 49.3 Å². The van der Waals surface area contributed by atoms with Crippen LogP contribution in [-0.2, 0) is 4.74 Å². The van der Waals surface area contributed by atoms with Crippen molar-refractivity contribution in [3.63, 3.8) is 0 Å². The van der Waals surface area contributed by atoms with Gasteiger partial charge in [0.15, 0.2) is 5.78 Å². The summed E-state index contributed by atoms with van der Waals surface area (Å²) in [6.07, 6.45) is 1.74. The Morgan fingerprint density at radius 2 is 1.90 bits per heavy atom. The molecule has 0 spiro atoms. The van der Waals surface area contributed by atoms with E-state index in [1.165, 1.54) is 0 Å². The van der Waals surface area contributed by atoms with Gasteiger partial charge in [-0.2, -0.15) is 0 Å². The summed E-state index contributed by atoms with van der Waals surface area (Å²) in [5.74, 6) is 0.0579. The van der Waals surface area contributed by atoms with Gasteiger partial charge in [0.1, 0.15) is 0 Å². The third-order valence-electron chi connectivity index (χ3n) is 3.42. The molecule has 1 aromatic rings. The molecule has 1 aliphatic heterocycles. The molecule has 0 unspecified atom stereocenters. The lowest BCUT2D eigenvalue weighted by Crippen LogP contribution is -2.39. The van der Waals surface area contributed by atoms with Crippen LogP contribution in [0.4, 0.5) is 0 Å². The van der Waals surface area contributed by atoms with Crippen LogP contribution in [0.5, 0.6) is 0 Å². The first-order chi connectivity index (χ1) is 9.66. The molecule has 0 aromatic heterocycles. The van der Waals surface area contributed by atoms with Crippen LogP contribution in [0.3, 0.4) is 0 Å². The van der Waals surface area contributed by atoms with E-state index in [1.54, 1.807) is 6.08 Å². The third-order valence-corrected chi connectivity index (χ3v) is 3.42. The number of morpholine rings is 1. The topological polar surface area (TPSA) is 32.8 Å². The predicted octanol–water partition coefficient (Wildman–Crippen LogP) is 1.65. The fraction of sp³-hybridized carbons (Fsp3) is 0.438. The van der Waals surface area contributed by atoms with Crippen molar-refractivity contribution in [3.05, 3.63) is 47.7 Å². The van der Waals surface area contributed by atoms with Crippen LogP contribution >= 0.6 is 0 Å². The van der Waals surface area contributed by atoms with Gasteiger partial charge in [0.05, 0.1) is 13.2 Å². The minimum atomic E-state index is 0.0579. The largest absolute Gasteiger partial charge is 0.380 e. The lowest BCUT2D eigenvalue weighted by molar-refractivity contribution is 0.0400. The van der Waals surface area contributed by atoms with Gasteiger partial charge in [0.25, 0.3) is 0 Å². The van der Waals surface area contributed by atoms with Crippen LogP contribution in [0.15, 0.2) is 42.1 Å². The first-order valence-electron chi connectivity index (χ1n) is 6.94. The van der Waals surface area contributed by atoms with Crippen LogP contribution in [0.25, 0.3) is 0 Å². The monoisotopic (exact) mass is 274 g/mol. The maximum Gasteiger partial charge on any atom is 0.187 e. The highest BCUT2D eigenvalue weighted by Gasteiger charge is 2.14. The first kappa shape index (κ1) is 14.8. The molecule has 1 aliphatic rings. The molecule has 1 fully saturated rings. The highest BCUT2D eigenvalue weighted by molar-refractivity contribution is 6.04. The molecule has 2 rings (SSSR count). The first-order valence-corrected chi connectivity index (χ1v) is 6.94. The summed E-state index contributed by atoms with van der Waals surface area (Å²) in [6.45, 7) is 4.17. The van der Waals surface area contributed by atoms with Crippen LogP contribution < -0.4 is 0 Å². The number of carbonyl (C=O) groups is 1. The summed E-state index contributed by atoms with van der Waals surface area (Å²) in [5, 5.41) is 0.